The number of imidazole rings is 1. The summed E-state index contributed by atoms with van der Waals surface area (Å²) in [4.78, 5) is 23.6. The standard InChI is InChI=1S/C20H21N5O2/c21-2-4-27-20-7-11-5-12(8-20)16(13(6-11)9-20)25-17-14-1-3-22-18(14)23-10-15(17)24-19(25)26/h1,3,10-13,16H,4-9H2,(H,22,23)(H,24,26)/t11?,12-,13+,16?,20?. The summed E-state index contributed by atoms with van der Waals surface area (Å²) in [6, 6.07) is 4.34. The predicted octanol–water partition coefficient (Wildman–Crippen LogP) is 2.87. The summed E-state index contributed by atoms with van der Waals surface area (Å²) in [5.74, 6) is 1.51. The number of aromatic nitrogens is 4. The molecule has 4 saturated carbocycles. The fourth-order valence-electron chi connectivity index (χ4n) is 6.61. The van der Waals surface area contributed by atoms with Gasteiger partial charge in [0.1, 0.15) is 12.3 Å². The quantitative estimate of drug-likeness (QED) is 0.747. The van der Waals surface area contributed by atoms with Crippen LogP contribution in [0.15, 0.2) is 23.3 Å². The minimum atomic E-state index is -0.149. The van der Waals surface area contributed by atoms with Gasteiger partial charge in [-0.15, -0.1) is 0 Å². The van der Waals surface area contributed by atoms with E-state index in [0.717, 1.165) is 54.2 Å². The van der Waals surface area contributed by atoms with Crippen molar-refractivity contribution in [3.8, 4) is 6.07 Å². The highest BCUT2D eigenvalue weighted by atomic mass is 16.5. The normalized spacial score (nSPS) is 34.5. The smallest absolute Gasteiger partial charge is 0.326 e. The first-order chi connectivity index (χ1) is 13.2. The Morgan fingerprint density at radius 3 is 2.93 bits per heavy atom. The first kappa shape index (κ1) is 15.5. The molecule has 7 nitrogen and oxygen atoms in total. The lowest BCUT2D eigenvalue weighted by molar-refractivity contribution is -0.172. The summed E-state index contributed by atoms with van der Waals surface area (Å²) in [5.41, 5.74) is 2.40. The number of hydrogen-bond acceptors (Lipinski definition) is 4. The van der Waals surface area contributed by atoms with E-state index in [1.165, 1.54) is 0 Å². The van der Waals surface area contributed by atoms with Crippen molar-refractivity contribution < 1.29 is 4.74 Å². The third-order valence-electron chi connectivity index (χ3n) is 7.17. The van der Waals surface area contributed by atoms with Crippen LogP contribution in [0.3, 0.4) is 0 Å². The molecule has 0 aliphatic heterocycles. The van der Waals surface area contributed by atoms with Crippen molar-refractivity contribution in [2.45, 2.75) is 43.7 Å². The fourth-order valence-corrected chi connectivity index (χ4v) is 6.61. The first-order valence-corrected chi connectivity index (χ1v) is 9.75. The molecule has 138 valence electrons. The zero-order valence-electron chi connectivity index (χ0n) is 14.9. The average Bonchev–Trinajstić information content (AvgIpc) is 3.23. The van der Waals surface area contributed by atoms with Crippen molar-refractivity contribution >= 4 is 22.1 Å². The fraction of sp³-hybridized carbons (Fsp3) is 0.550. The summed E-state index contributed by atoms with van der Waals surface area (Å²) in [5, 5.41) is 9.97. The molecule has 7 rings (SSSR count). The molecule has 0 amide bonds. The minimum Gasteiger partial charge on any atom is -0.360 e. The van der Waals surface area contributed by atoms with Gasteiger partial charge in [0.2, 0.25) is 0 Å². The summed E-state index contributed by atoms with van der Waals surface area (Å²) >= 11 is 0. The van der Waals surface area contributed by atoms with Crippen LogP contribution < -0.4 is 5.69 Å². The van der Waals surface area contributed by atoms with E-state index in [4.69, 9.17) is 10.00 Å². The van der Waals surface area contributed by atoms with Crippen LogP contribution in [-0.4, -0.2) is 31.7 Å². The Hall–Kier alpha value is -2.59. The Labute approximate surface area is 155 Å². The van der Waals surface area contributed by atoms with Crippen LogP contribution in [0.2, 0.25) is 0 Å². The molecule has 7 heteroatoms. The van der Waals surface area contributed by atoms with Gasteiger partial charge in [0.15, 0.2) is 0 Å². The molecular weight excluding hydrogens is 342 g/mol. The van der Waals surface area contributed by atoms with Gasteiger partial charge in [0, 0.05) is 17.6 Å². The Kier molecular flexibility index (Phi) is 3.00. The zero-order chi connectivity index (χ0) is 18.2. The minimum absolute atomic E-state index is 0.0371. The monoisotopic (exact) mass is 363 g/mol. The molecule has 4 fully saturated rings. The number of nitrogens with one attached hydrogen (secondary N) is 2. The van der Waals surface area contributed by atoms with Crippen LogP contribution in [0.1, 0.15) is 38.1 Å². The number of nitrogens with zero attached hydrogens (tertiary/aromatic N) is 3. The van der Waals surface area contributed by atoms with E-state index in [0.29, 0.717) is 17.8 Å². The maximum Gasteiger partial charge on any atom is 0.326 e. The van der Waals surface area contributed by atoms with E-state index in [-0.39, 0.29) is 23.9 Å². The predicted molar refractivity (Wildman–Crippen MR) is 99.1 cm³/mol. The Balaban J connectivity index is 1.49. The van der Waals surface area contributed by atoms with Gasteiger partial charge < -0.3 is 14.7 Å². The highest BCUT2D eigenvalue weighted by Gasteiger charge is 2.57. The molecule has 0 spiro atoms. The van der Waals surface area contributed by atoms with Crippen LogP contribution in [-0.2, 0) is 4.74 Å². The molecule has 3 heterocycles. The molecule has 3 aromatic rings. The molecule has 27 heavy (non-hydrogen) atoms. The Morgan fingerprint density at radius 1 is 1.33 bits per heavy atom. The van der Waals surface area contributed by atoms with Gasteiger partial charge in [-0.1, -0.05) is 0 Å². The van der Waals surface area contributed by atoms with Crippen LogP contribution in [0.4, 0.5) is 0 Å². The number of pyridine rings is 1. The third-order valence-corrected chi connectivity index (χ3v) is 7.17. The van der Waals surface area contributed by atoms with Crippen molar-refractivity contribution in [2.24, 2.45) is 17.8 Å². The molecule has 0 radical (unpaired) electrons. The summed E-state index contributed by atoms with van der Waals surface area (Å²) < 4.78 is 8.07. The van der Waals surface area contributed by atoms with E-state index < -0.39 is 0 Å². The largest absolute Gasteiger partial charge is 0.360 e. The van der Waals surface area contributed by atoms with E-state index in [1.54, 1.807) is 6.20 Å². The van der Waals surface area contributed by atoms with Crippen LogP contribution in [0.25, 0.3) is 22.1 Å². The highest BCUT2D eigenvalue weighted by molar-refractivity contribution is 6.00. The third kappa shape index (κ3) is 2.05. The summed E-state index contributed by atoms with van der Waals surface area (Å²) in [6.45, 7) is 0.166. The van der Waals surface area contributed by atoms with Gasteiger partial charge in [0.25, 0.3) is 0 Å². The molecule has 5 atom stereocenters. The molecule has 4 aliphatic rings. The Bertz CT molecular complexity index is 1130. The van der Waals surface area contributed by atoms with Gasteiger partial charge in [0.05, 0.1) is 28.9 Å². The summed E-state index contributed by atoms with van der Waals surface area (Å²) in [7, 11) is 0. The summed E-state index contributed by atoms with van der Waals surface area (Å²) in [6.07, 6.45) is 8.90. The lowest BCUT2D eigenvalue weighted by Gasteiger charge is -2.59. The van der Waals surface area contributed by atoms with Crippen LogP contribution in [0, 0.1) is 29.1 Å². The second kappa shape index (κ2) is 5.23. The molecule has 4 bridgehead atoms. The van der Waals surface area contributed by atoms with Crippen molar-refractivity contribution in [2.75, 3.05) is 6.61 Å². The second-order valence-corrected chi connectivity index (χ2v) is 8.65. The van der Waals surface area contributed by atoms with E-state index >= 15 is 0 Å². The topological polar surface area (TPSA) is 99.5 Å². The van der Waals surface area contributed by atoms with Gasteiger partial charge in [-0.25, -0.2) is 9.78 Å². The maximum absolute atomic E-state index is 13.0. The second-order valence-electron chi connectivity index (χ2n) is 8.65. The molecule has 0 saturated heterocycles. The number of aromatic amines is 2. The number of hydrogen-bond donors (Lipinski definition) is 2. The lowest BCUT2D eigenvalue weighted by atomic mass is 9.52. The van der Waals surface area contributed by atoms with E-state index in [1.807, 2.05) is 16.8 Å². The van der Waals surface area contributed by atoms with E-state index in [2.05, 4.69) is 21.0 Å². The number of fused-ring (bicyclic) bond motifs is 3. The van der Waals surface area contributed by atoms with Crippen molar-refractivity contribution in [1.29, 1.82) is 5.26 Å². The van der Waals surface area contributed by atoms with Gasteiger partial charge in [-0.05, 0) is 55.9 Å². The number of H-pyrrole nitrogens is 2. The lowest BCUT2D eigenvalue weighted by Crippen LogP contribution is -2.57. The molecule has 3 aromatic heterocycles. The average molecular weight is 363 g/mol. The van der Waals surface area contributed by atoms with Gasteiger partial charge in [-0.3, -0.25) is 4.57 Å². The molecule has 0 aromatic carbocycles. The Morgan fingerprint density at radius 2 is 2.15 bits per heavy atom. The maximum atomic E-state index is 13.0. The SMILES string of the molecule is N#CCOC12CC3C[C@H](C1)C(n1c(=O)[nH]c4cnc5[nH]ccc5c41)[C@@H](C3)C2. The molecule has 4 aliphatic carbocycles. The van der Waals surface area contributed by atoms with E-state index in [9.17, 15) is 4.79 Å². The van der Waals surface area contributed by atoms with Gasteiger partial charge >= 0.3 is 5.69 Å². The van der Waals surface area contributed by atoms with Gasteiger partial charge in [-0.2, -0.15) is 5.26 Å². The highest BCUT2D eigenvalue weighted by Crippen LogP contribution is 2.61. The van der Waals surface area contributed by atoms with Crippen LogP contribution >= 0.6 is 0 Å². The first-order valence-electron chi connectivity index (χ1n) is 9.75. The molecule has 3 unspecified atom stereocenters. The number of ether oxygens (including phenoxy) is 1. The van der Waals surface area contributed by atoms with Crippen LogP contribution in [0.5, 0.6) is 0 Å². The van der Waals surface area contributed by atoms with Crippen molar-refractivity contribution in [3.63, 3.8) is 0 Å². The molecule has 2 N–H and O–H groups in total. The van der Waals surface area contributed by atoms with Crippen molar-refractivity contribution in [1.82, 2.24) is 19.5 Å². The number of rotatable bonds is 3. The van der Waals surface area contributed by atoms with Crippen molar-refractivity contribution in [3.05, 3.63) is 28.9 Å². The zero-order valence-corrected chi connectivity index (χ0v) is 14.9. The number of nitriles is 1. The molecular formula is C20H21N5O2.